The topological polar surface area (TPSA) is 57.1 Å². The van der Waals surface area contributed by atoms with Crippen molar-refractivity contribution in [2.45, 2.75) is 0 Å². The summed E-state index contributed by atoms with van der Waals surface area (Å²) in [6, 6.07) is 1.56. The summed E-state index contributed by atoms with van der Waals surface area (Å²) in [5, 5.41) is 0.337. The molecule has 0 bridgehead atoms. The van der Waals surface area contributed by atoms with Gasteiger partial charge in [-0.25, -0.2) is 9.97 Å². The molecule has 2 rings (SSSR count). The SMILES string of the molecule is COc1cc(-c2ncc(F)c(OC)n2)c(Cl)cn1. The van der Waals surface area contributed by atoms with Gasteiger partial charge in [-0.15, -0.1) is 0 Å². The lowest BCUT2D eigenvalue weighted by Gasteiger charge is -2.06. The summed E-state index contributed by atoms with van der Waals surface area (Å²) >= 11 is 5.99. The molecule has 2 aromatic rings. The molecule has 2 aromatic heterocycles. The van der Waals surface area contributed by atoms with E-state index in [1.807, 2.05) is 0 Å². The molecule has 0 aliphatic carbocycles. The zero-order valence-corrected chi connectivity index (χ0v) is 10.4. The van der Waals surface area contributed by atoms with Crippen molar-refractivity contribution in [2.75, 3.05) is 14.2 Å². The van der Waals surface area contributed by atoms with Gasteiger partial charge in [0.2, 0.25) is 11.7 Å². The fraction of sp³-hybridized carbons (Fsp3) is 0.182. The third-order valence-corrected chi connectivity index (χ3v) is 2.49. The Morgan fingerprint density at radius 2 is 1.94 bits per heavy atom. The summed E-state index contributed by atoms with van der Waals surface area (Å²) < 4.78 is 23.0. The van der Waals surface area contributed by atoms with E-state index in [1.54, 1.807) is 6.07 Å². The van der Waals surface area contributed by atoms with E-state index in [0.29, 0.717) is 16.5 Å². The molecule has 0 N–H and O–H groups in total. The number of ether oxygens (including phenoxy) is 2. The van der Waals surface area contributed by atoms with Crippen LogP contribution in [0.4, 0.5) is 4.39 Å². The predicted octanol–water partition coefficient (Wildman–Crippen LogP) is 2.35. The highest BCUT2D eigenvalue weighted by Gasteiger charge is 2.13. The molecule has 5 nitrogen and oxygen atoms in total. The Morgan fingerprint density at radius 1 is 1.17 bits per heavy atom. The van der Waals surface area contributed by atoms with Crippen LogP contribution in [0.15, 0.2) is 18.5 Å². The number of halogens is 2. The zero-order valence-electron chi connectivity index (χ0n) is 9.65. The fourth-order valence-corrected chi connectivity index (χ4v) is 1.51. The molecule has 0 aliphatic heterocycles. The second kappa shape index (κ2) is 5.14. The maximum Gasteiger partial charge on any atom is 0.253 e. The van der Waals surface area contributed by atoms with E-state index in [9.17, 15) is 4.39 Å². The smallest absolute Gasteiger partial charge is 0.253 e. The molecule has 18 heavy (non-hydrogen) atoms. The Hall–Kier alpha value is -1.95. The Morgan fingerprint density at radius 3 is 2.61 bits per heavy atom. The Balaban J connectivity index is 2.54. The third kappa shape index (κ3) is 2.33. The number of methoxy groups -OCH3 is 2. The van der Waals surface area contributed by atoms with Crippen molar-refractivity contribution in [3.8, 4) is 23.1 Å². The predicted molar refractivity (Wildman–Crippen MR) is 63.3 cm³/mol. The number of aromatic nitrogens is 3. The molecular formula is C11H9ClFN3O2. The largest absolute Gasteiger partial charge is 0.481 e. The molecule has 0 spiro atoms. The average molecular weight is 270 g/mol. The van der Waals surface area contributed by atoms with Gasteiger partial charge in [-0.3, -0.25) is 0 Å². The molecule has 0 amide bonds. The van der Waals surface area contributed by atoms with Crippen LogP contribution in [0.1, 0.15) is 0 Å². The first kappa shape index (κ1) is 12.5. The molecule has 0 aliphatic rings. The van der Waals surface area contributed by atoms with Crippen LogP contribution in [-0.4, -0.2) is 29.2 Å². The van der Waals surface area contributed by atoms with Crippen LogP contribution >= 0.6 is 11.6 Å². The number of nitrogens with zero attached hydrogens (tertiary/aromatic N) is 3. The highest BCUT2D eigenvalue weighted by Crippen LogP contribution is 2.28. The van der Waals surface area contributed by atoms with Crippen molar-refractivity contribution in [3.05, 3.63) is 29.3 Å². The summed E-state index contributed by atoms with van der Waals surface area (Å²) in [4.78, 5) is 11.7. The third-order valence-electron chi connectivity index (χ3n) is 2.19. The normalized spacial score (nSPS) is 10.2. The minimum atomic E-state index is -0.640. The molecular weight excluding hydrogens is 261 g/mol. The average Bonchev–Trinajstić information content (AvgIpc) is 2.40. The standard InChI is InChI=1S/C11H9ClFN3O2/c1-17-9-3-6(7(12)4-14-9)10-15-5-8(13)11(16-10)18-2/h3-5H,1-2H3. The lowest BCUT2D eigenvalue weighted by atomic mass is 10.2. The van der Waals surface area contributed by atoms with Gasteiger partial charge in [-0.05, 0) is 0 Å². The van der Waals surface area contributed by atoms with E-state index < -0.39 is 5.82 Å². The van der Waals surface area contributed by atoms with Gasteiger partial charge in [0.25, 0.3) is 5.88 Å². The first-order chi connectivity index (χ1) is 8.65. The van der Waals surface area contributed by atoms with Gasteiger partial charge in [0.15, 0.2) is 5.82 Å². The molecule has 0 unspecified atom stereocenters. The van der Waals surface area contributed by atoms with Crippen LogP contribution in [0, 0.1) is 5.82 Å². The van der Waals surface area contributed by atoms with Crippen molar-refractivity contribution < 1.29 is 13.9 Å². The lowest BCUT2D eigenvalue weighted by Crippen LogP contribution is -1.98. The second-order valence-corrected chi connectivity index (χ2v) is 3.66. The molecule has 0 saturated carbocycles. The molecule has 0 saturated heterocycles. The van der Waals surface area contributed by atoms with E-state index >= 15 is 0 Å². The van der Waals surface area contributed by atoms with Gasteiger partial charge in [0, 0.05) is 11.6 Å². The van der Waals surface area contributed by atoms with Crippen molar-refractivity contribution in [1.29, 1.82) is 0 Å². The monoisotopic (exact) mass is 269 g/mol. The summed E-state index contributed by atoms with van der Waals surface area (Å²) in [6.07, 6.45) is 2.43. The Bertz CT molecular complexity index is 580. The minimum Gasteiger partial charge on any atom is -0.481 e. The maximum absolute atomic E-state index is 13.2. The molecule has 94 valence electrons. The lowest BCUT2D eigenvalue weighted by molar-refractivity contribution is 0.367. The van der Waals surface area contributed by atoms with Crippen LogP contribution in [0.2, 0.25) is 5.02 Å². The van der Waals surface area contributed by atoms with E-state index in [-0.39, 0.29) is 11.7 Å². The van der Waals surface area contributed by atoms with Crippen molar-refractivity contribution in [1.82, 2.24) is 15.0 Å². The molecule has 0 radical (unpaired) electrons. The first-order valence-corrected chi connectivity index (χ1v) is 5.30. The van der Waals surface area contributed by atoms with Crippen LogP contribution in [0.25, 0.3) is 11.4 Å². The summed E-state index contributed by atoms with van der Waals surface area (Å²) in [6.45, 7) is 0. The maximum atomic E-state index is 13.2. The molecule has 7 heteroatoms. The van der Waals surface area contributed by atoms with Crippen LogP contribution in [0.5, 0.6) is 11.8 Å². The molecule has 0 atom stereocenters. The highest BCUT2D eigenvalue weighted by molar-refractivity contribution is 6.33. The molecule has 2 heterocycles. The van der Waals surface area contributed by atoms with Crippen molar-refractivity contribution in [2.24, 2.45) is 0 Å². The second-order valence-electron chi connectivity index (χ2n) is 3.26. The number of pyridine rings is 1. The van der Waals surface area contributed by atoms with Crippen molar-refractivity contribution >= 4 is 11.6 Å². The van der Waals surface area contributed by atoms with E-state index in [0.717, 1.165) is 6.20 Å². The van der Waals surface area contributed by atoms with E-state index in [1.165, 1.54) is 20.4 Å². The fourth-order valence-electron chi connectivity index (χ4n) is 1.33. The van der Waals surface area contributed by atoms with E-state index in [2.05, 4.69) is 15.0 Å². The molecule has 0 fully saturated rings. The highest BCUT2D eigenvalue weighted by atomic mass is 35.5. The molecule has 0 aromatic carbocycles. The van der Waals surface area contributed by atoms with Crippen molar-refractivity contribution in [3.63, 3.8) is 0 Å². The summed E-state index contributed by atoms with van der Waals surface area (Å²) in [7, 11) is 2.80. The van der Waals surface area contributed by atoms with Crippen LogP contribution in [-0.2, 0) is 0 Å². The Kier molecular flexibility index (Phi) is 3.57. The Labute approximate surface area is 108 Å². The minimum absolute atomic E-state index is 0.146. The summed E-state index contributed by atoms with van der Waals surface area (Å²) in [5.74, 6) is -0.189. The first-order valence-electron chi connectivity index (χ1n) is 4.92. The summed E-state index contributed by atoms with van der Waals surface area (Å²) in [5.41, 5.74) is 0.488. The van der Waals surface area contributed by atoms with Gasteiger partial charge in [0.05, 0.1) is 31.6 Å². The number of hydrogen-bond donors (Lipinski definition) is 0. The number of rotatable bonds is 3. The number of hydrogen-bond acceptors (Lipinski definition) is 5. The van der Waals surface area contributed by atoms with Gasteiger partial charge in [-0.2, -0.15) is 9.37 Å². The van der Waals surface area contributed by atoms with Crippen LogP contribution < -0.4 is 9.47 Å². The van der Waals surface area contributed by atoms with Gasteiger partial charge < -0.3 is 9.47 Å². The van der Waals surface area contributed by atoms with Crippen LogP contribution in [0.3, 0.4) is 0 Å². The van der Waals surface area contributed by atoms with Gasteiger partial charge in [0.1, 0.15) is 0 Å². The van der Waals surface area contributed by atoms with E-state index in [4.69, 9.17) is 21.1 Å². The quantitative estimate of drug-likeness (QED) is 0.856. The van der Waals surface area contributed by atoms with Gasteiger partial charge in [-0.1, -0.05) is 11.6 Å². The zero-order chi connectivity index (χ0) is 13.1. The van der Waals surface area contributed by atoms with Gasteiger partial charge >= 0.3 is 0 Å².